The zero-order valence-corrected chi connectivity index (χ0v) is 19.9. The van der Waals surface area contributed by atoms with Gasteiger partial charge in [-0.25, -0.2) is 0 Å². The van der Waals surface area contributed by atoms with Gasteiger partial charge in [-0.2, -0.15) is 0 Å². The highest BCUT2D eigenvalue weighted by Gasteiger charge is 2.47. The van der Waals surface area contributed by atoms with Gasteiger partial charge in [0, 0.05) is 52.1 Å². The summed E-state index contributed by atoms with van der Waals surface area (Å²) in [6.07, 6.45) is 4.88. The topological polar surface area (TPSA) is 53.1 Å². The molecule has 0 radical (unpaired) electrons. The molecule has 1 aromatic rings. The zero-order chi connectivity index (χ0) is 22.7. The maximum atomic E-state index is 12.9. The largest absolute Gasteiger partial charge is 0.487 e. The fraction of sp³-hybridized carbons (Fsp3) is 0.692. The van der Waals surface area contributed by atoms with E-state index in [0.29, 0.717) is 36.2 Å². The van der Waals surface area contributed by atoms with E-state index in [2.05, 4.69) is 23.6 Å². The summed E-state index contributed by atoms with van der Waals surface area (Å²) in [5, 5.41) is 0. The number of nitrogens with zero attached hydrogens (tertiary/aromatic N) is 3. The molecule has 6 nitrogen and oxygen atoms in total. The van der Waals surface area contributed by atoms with Crippen LogP contribution in [0, 0.1) is 11.8 Å². The maximum absolute atomic E-state index is 12.9. The van der Waals surface area contributed by atoms with E-state index in [1.165, 1.54) is 0 Å². The van der Waals surface area contributed by atoms with Gasteiger partial charge in [-0.15, -0.1) is 0 Å². The van der Waals surface area contributed by atoms with Gasteiger partial charge >= 0.3 is 0 Å². The van der Waals surface area contributed by atoms with E-state index in [4.69, 9.17) is 4.74 Å². The van der Waals surface area contributed by atoms with E-state index in [1.807, 2.05) is 35.2 Å². The minimum absolute atomic E-state index is 0.151. The van der Waals surface area contributed by atoms with Gasteiger partial charge in [0.25, 0.3) is 0 Å². The number of benzene rings is 1. The molecule has 3 fully saturated rings. The van der Waals surface area contributed by atoms with Crippen molar-refractivity contribution in [2.75, 3.05) is 32.7 Å². The molecular formula is C26H39N3O3. The summed E-state index contributed by atoms with van der Waals surface area (Å²) in [6.45, 7) is 10.5. The van der Waals surface area contributed by atoms with Crippen LogP contribution in [0.5, 0.6) is 5.75 Å². The van der Waals surface area contributed by atoms with Gasteiger partial charge in [-0.05, 0) is 63.5 Å². The molecule has 3 aliphatic heterocycles. The van der Waals surface area contributed by atoms with Crippen molar-refractivity contribution in [1.82, 2.24) is 14.7 Å². The van der Waals surface area contributed by atoms with Gasteiger partial charge in [0.1, 0.15) is 11.9 Å². The molecule has 3 saturated heterocycles. The minimum Gasteiger partial charge on any atom is -0.487 e. The van der Waals surface area contributed by atoms with Crippen LogP contribution in [0.1, 0.15) is 52.9 Å². The standard InChI is InChI=1S/C26H39N3O3/c1-19(2)29-18-24(32-23-7-5-4-6-8-23)26(29)22-11-15-28(16-12-22)25(31)17-21-9-13-27(14-10-21)20(3)30/h4-8,19,21-22,24,26H,9-18H2,1-3H3/t24-,26-/m0/s1. The highest BCUT2D eigenvalue weighted by atomic mass is 16.5. The minimum atomic E-state index is 0.151. The Morgan fingerprint density at radius 1 is 0.969 bits per heavy atom. The number of carbonyl (C=O) groups is 2. The number of piperidine rings is 2. The molecule has 32 heavy (non-hydrogen) atoms. The average Bonchev–Trinajstić information content (AvgIpc) is 2.77. The third-order valence-electron chi connectivity index (χ3n) is 7.75. The summed E-state index contributed by atoms with van der Waals surface area (Å²) < 4.78 is 6.35. The fourth-order valence-corrected chi connectivity index (χ4v) is 5.74. The van der Waals surface area contributed by atoms with Gasteiger partial charge < -0.3 is 14.5 Å². The van der Waals surface area contributed by atoms with Crippen LogP contribution >= 0.6 is 0 Å². The molecule has 0 N–H and O–H groups in total. The van der Waals surface area contributed by atoms with Crippen molar-refractivity contribution in [2.45, 2.75) is 71.1 Å². The molecule has 0 bridgehead atoms. The molecule has 3 heterocycles. The first-order valence-electron chi connectivity index (χ1n) is 12.4. The van der Waals surface area contributed by atoms with Crippen LogP contribution in [-0.4, -0.2) is 77.4 Å². The molecule has 0 spiro atoms. The monoisotopic (exact) mass is 441 g/mol. The summed E-state index contributed by atoms with van der Waals surface area (Å²) in [5.41, 5.74) is 0. The molecule has 2 amide bonds. The van der Waals surface area contributed by atoms with Crippen LogP contribution in [0.3, 0.4) is 0 Å². The summed E-state index contributed by atoms with van der Waals surface area (Å²) in [4.78, 5) is 31.0. The second kappa shape index (κ2) is 10.2. The summed E-state index contributed by atoms with van der Waals surface area (Å²) >= 11 is 0. The summed E-state index contributed by atoms with van der Waals surface area (Å²) in [7, 11) is 0. The summed E-state index contributed by atoms with van der Waals surface area (Å²) in [6, 6.07) is 11.1. The van der Waals surface area contributed by atoms with Crippen molar-refractivity contribution < 1.29 is 14.3 Å². The van der Waals surface area contributed by atoms with Gasteiger partial charge in [0.05, 0.1) is 6.04 Å². The number of rotatable bonds is 6. The number of hydrogen-bond acceptors (Lipinski definition) is 4. The number of para-hydroxylation sites is 1. The number of likely N-dealkylation sites (tertiary alicyclic amines) is 3. The Morgan fingerprint density at radius 3 is 2.19 bits per heavy atom. The smallest absolute Gasteiger partial charge is 0.222 e. The lowest BCUT2D eigenvalue weighted by Gasteiger charge is -2.54. The number of hydrogen-bond donors (Lipinski definition) is 0. The van der Waals surface area contributed by atoms with Crippen LogP contribution in [0.2, 0.25) is 0 Å². The van der Waals surface area contributed by atoms with E-state index in [-0.39, 0.29) is 12.0 Å². The van der Waals surface area contributed by atoms with Gasteiger partial charge in [0.2, 0.25) is 11.8 Å². The Balaban J connectivity index is 1.27. The lowest BCUT2D eigenvalue weighted by atomic mass is 9.79. The molecule has 6 heteroatoms. The molecule has 3 aliphatic rings. The first-order chi connectivity index (χ1) is 15.4. The Hall–Kier alpha value is -2.08. The van der Waals surface area contributed by atoms with Crippen LogP contribution in [0.25, 0.3) is 0 Å². The van der Waals surface area contributed by atoms with E-state index in [1.54, 1.807) is 6.92 Å². The molecular weight excluding hydrogens is 402 g/mol. The van der Waals surface area contributed by atoms with Crippen molar-refractivity contribution in [2.24, 2.45) is 11.8 Å². The molecule has 0 saturated carbocycles. The normalized spacial score (nSPS) is 25.6. The van der Waals surface area contributed by atoms with Crippen molar-refractivity contribution in [3.05, 3.63) is 30.3 Å². The highest BCUT2D eigenvalue weighted by Crippen LogP contribution is 2.36. The summed E-state index contributed by atoms with van der Waals surface area (Å²) in [5.74, 6) is 2.40. The van der Waals surface area contributed by atoms with Crippen LogP contribution in [0.4, 0.5) is 0 Å². The Labute approximate surface area is 192 Å². The zero-order valence-electron chi connectivity index (χ0n) is 19.9. The van der Waals surface area contributed by atoms with Gasteiger partial charge in [-0.3, -0.25) is 14.5 Å². The highest BCUT2D eigenvalue weighted by molar-refractivity contribution is 5.76. The second-order valence-corrected chi connectivity index (χ2v) is 10.1. The lowest BCUT2D eigenvalue weighted by molar-refractivity contribution is -0.137. The van der Waals surface area contributed by atoms with E-state index >= 15 is 0 Å². The Bertz CT molecular complexity index is 768. The molecule has 0 aromatic heterocycles. The van der Waals surface area contributed by atoms with Crippen LogP contribution in [-0.2, 0) is 9.59 Å². The van der Waals surface area contributed by atoms with Gasteiger partial charge in [0.15, 0.2) is 0 Å². The SMILES string of the molecule is CC(=O)N1CCC(CC(=O)N2CCC([C@H]3[C@@H](Oc4ccccc4)CN3C(C)C)CC2)CC1. The molecule has 4 rings (SSSR count). The third kappa shape index (κ3) is 5.28. The quantitative estimate of drug-likeness (QED) is 0.679. The van der Waals surface area contributed by atoms with E-state index in [9.17, 15) is 9.59 Å². The maximum Gasteiger partial charge on any atom is 0.222 e. The van der Waals surface area contributed by atoms with Crippen molar-refractivity contribution in [3.8, 4) is 5.75 Å². The first-order valence-corrected chi connectivity index (χ1v) is 12.4. The average molecular weight is 442 g/mol. The fourth-order valence-electron chi connectivity index (χ4n) is 5.74. The molecule has 2 atom stereocenters. The van der Waals surface area contributed by atoms with E-state index < -0.39 is 0 Å². The van der Waals surface area contributed by atoms with Crippen molar-refractivity contribution in [1.29, 1.82) is 0 Å². The molecule has 0 aliphatic carbocycles. The van der Waals surface area contributed by atoms with Crippen molar-refractivity contribution in [3.63, 3.8) is 0 Å². The predicted octanol–water partition coefficient (Wildman–Crippen LogP) is 3.41. The number of amides is 2. The number of ether oxygens (including phenoxy) is 1. The van der Waals surface area contributed by atoms with Gasteiger partial charge in [-0.1, -0.05) is 18.2 Å². The van der Waals surface area contributed by atoms with Crippen LogP contribution < -0.4 is 4.74 Å². The second-order valence-electron chi connectivity index (χ2n) is 10.1. The predicted molar refractivity (Wildman–Crippen MR) is 125 cm³/mol. The van der Waals surface area contributed by atoms with Crippen molar-refractivity contribution >= 4 is 11.8 Å². The third-order valence-corrected chi connectivity index (χ3v) is 7.75. The first kappa shape index (κ1) is 23.1. The number of carbonyl (C=O) groups excluding carboxylic acids is 2. The molecule has 176 valence electrons. The lowest BCUT2D eigenvalue weighted by Crippen LogP contribution is -2.68. The molecule has 0 unspecified atom stereocenters. The Morgan fingerprint density at radius 2 is 1.59 bits per heavy atom. The van der Waals surface area contributed by atoms with Crippen LogP contribution in [0.15, 0.2) is 30.3 Å². The van der Waals surface area contributed by atoms with E-state index in [0.717, 1.165) is 64.2 Å². The molecule has 1 aromatic carbocycles. The Kier molecular flexibility index (Phi) is 7.39.